The first-order valence-corrected chi connectivity index (χ1v) is 8.32. The molecule has 1 heterocycles. The Morgan fingerprint density at radius 2 is 1.62 bits per heavy atom. The minimum absolute atomic E-state index is 0.721. The molecular weight excluding hydrogens is 254 g/mol. The normalized spacial score (nSPS) is 23.8. The molecule has 1 aliphatic carbocycles. The van der Waals surface area contributed by atoms with Gasteiger partial charge in [-0.2, -0.15) is 0 Å². The molecule has 0 bridgehead atoms. The Hall–Kier alpha value is -1.76. The fraction of sp³-hybridized carbons (Fsp3) is 0.400. The molecule has 2 atom stereocenters. The van der Waals surface area contributed by atoms with Crippen LogP contribution in [0.25, 0.3) is 0 Å². The second kappa shape index (κ2) is 5.55. The predicted octanol–water partition coefficient (Wildman–Crippen LogP) is 5.10. The summed E-state index contributed by atoms with van der Waals surface area (Å²) in [5, 5.41) is 3.55. The van der Waals surface area contributed by atoms with E-state index >= 15 is 0 Å². The highest BCUT2D eigenvalue weighted by atomic mass is 14.9. The second-order valence-electron chi connectivity index (χ2n) is 6.52. The zero-order valence-electron chi connectivity index (χ0n) is 12.5. The van der Waals surface area contributed by atoms with Gasteiger partial charge in [0.25, 0.3) is 0 Å². The van der Waals surface area contributed by atoms with E-state index in [0.717, 1.165) is 18.4 Å². The van der Waals surface area contributed by atoms with Crippen LogP contribution in [0.4, 0.5) is 5.69 Å². The van der Waals surface area contributed by atoms with Gasteiger partial charge >= 0.3 is 0 Å². The standard InChI is InChI=1S/C20H23N/c1-2-9-18-15(6-1)7-5-8-16(18)14-17-12-13-21-20-11-4-3-10-19(17)20/h1-4,6,9-11,16-17,21H,5,7-8,12-14H2. The molecule has 2 unspecified atom stereocenters. The first-order chi connectivity index (χ1) is 10.4. The molecule has 0 fully saturated rings. The van der Waals surface area contributed by atoms with E-state index in [4.69, 9.17) is 0 Å². The van der Waals surface area contributed by atoms with E-state index in [2.05, 4.69) is 53.8 Å². The van der Waals surface area contributed by atoms with Crippen molar-refractivity contribution in [2.45, 2.75) is 43.9 Å². The molecule has 0 saturated carbocycles. The molecule has 21 heavy (non-hydrogen) atoms. The molecule has 0 radical (unpaired) electrons. The number of fused-ring (bicyclic) bond motifs is 2. The molecule has 4 rings (SSSR count). The first kappa shape index (κ1) is 12.9. The van der Waals surface area contributed by atoms with Crippen molar-refractivity contribution in [3.8, 4) is 0 Å². The average molecular weight is 277 g/mol. The second-order valence-corrected chi connectivity index (χ2v) is 6.52. The van der Waals surface area contributed by atoms with Crippen molar-refractivity contribution in [3.63, 3.8) is 0 Å². The zero-order chi connectivity index (χ0) is 14.1. The van der Waals surface area contributed by atoms with E-state index in [1.807, 2.05) is 0 Å². The highest BCUT2D eigenvalue weighted by Crippen LogP contribution is 2.42. The topological polar surface area (TPSA) is 12.0 Å². The predicted molar refractivity (Wildman–Crippen MR) is 89.0 cm³/mol. The minimum atomic E-state index is 0.721. The van der Waals surface area contributed by atoms with E-state index in [1.54, 1.807) is 11.1 Å². The van der Waals surface area contributed by atoms with Gasteiger partial charge in [-0.3, -0.25) is 0 Å². The zero-order valence-corrected chi connectivity index (χ0v) is 12.5. The summed E-state index contributed by atoms with van der Waals surface area (Å²) >= 11 is 0. The van der Waals surface area contributed by atoms with Gasteiger partial charge in [-0.1, -0.05) is 42.5 Å². The third kappa shape index (κ3) is 2.46. The van der Waals surface area contributed by atoms with Crippen molar-refractivity contribution in [3.05, 3.63) is 65.2 Å². The maximum absolute atomic E-state index is 3.55. The van der Waals surface area contributed by atoms with Crippen LogP contribution in [-0.4, -0.2) is 6.54 Å². The number of hydrogen-bond donors (Lipinski definition) is 1. The molecule has 0 amide bonds. The van der Waals surface area contributed by atoms with Crippen molar-refractivity contribution >= 4 is 5.69 Å². The summed E-state index contributed by atoms with van der Waals surface area (Å²) in [6.07, 6.45) is 6.58. The Morgan fingerprint density at radius 3 is 2.57 bits per heavy atom. The summed E-state index contributed by atoms with van der Waals surface area (Å²) in [6.45, 7) is 1.12. The Kier molecular flexibility index (Phi) is 3.42. The van der Waals surface area contributed by atoms with Gasteiger partial charge in [0.2, 0.25) is 0 Å². The van der Waals surface area contributed by atoms with Crippen LogP contribution < -0.4 is 5.32 Å². The maximum Gasteiger partial charge on any atom is 0.0375 e. The molecule has 108 valence electrons. The number of nitrogens with one attached hydrogen (secondary N) is 1. The Morgan fingerprint density at radius 1 is 0.857 bits per heavy atom. The average Bonchev–Trinajstić information content (AvgIpc) is 2.56. The van der Waals surface area contributed by atoms with Gasteiger partial charge in [0.15, 0.2) is 0 Å². The molecule has 0 saturated heterocycles. The van der Waals surface area contributed by atoms with E-state index in [1.165, 1.54) is 43.4 Å². The first-order valence-electron chi connectivity index (χ1n) is 8.32. The van der Waals surface area contributed by atoms with Crippen molar-refractivity contribution in [2.24, 2.45) is 0 Å². The van der Waals surface area contributed by atoms with Crippen LogP contribution in [0.2, 0.25) is 0 Å². The highest BCUT2D eigenvalue weighted by molar-refractivity contribution is 5.54. The van der Waals surface area contributed by atoms with Gasteiger partial charge in [-0.05, 0) is 66.7 Å². The molecule has 1 N–H and O–H groups in total. The number of para-hydroxylation sites is 1. The molecule has 1 aliphatic heterocycles. The summed E-state index contributed by atoms with van der Waals surface area (Å²) in [7, 11) is 0. The van der Waals surface area contributed by atoms with Crippen LogP contribution in [0.5, 0.6) is 0 Å². The van der Waals surface area contributed by atoms with Crippen LogP contribution in [0.15, 0.2) is 48.5 Å². The van der Waals surface area contributed by atoms with Gasteiger partial charge < -0.3 is 5.32 Å². The molecule has 1 heteroatoms. The minimum Gasteiger partial charge on any atom is -0.385 e. The summed E-state index contributed by atoms with van der Waals surface area (Å²) in [6, 6.07) is 18.0. The number of anilines is 1. The van der Waals surface area contributed by atoms with Crippen LogP contribution in [0.3, 0.4) is 0 Å². The molecule has 2 aromatic carbocycles. The number of hydrogen-bond acceptors (Lipinski definition) is 1. The van der Waals surface area contributed by atoms with Crippen LogP contribution in [0.1, 0.15) is 54.2 Å². The molecule has 2 aromatic rings. The van der Waals surface area contributed by atoms with E-state index < -0.39 is 0 Å². The largest absolute Gasteiger partial charge is 0.385 e. The smallest absolute Gasteiger partial charge is 0.0375 e. The van der Waals surface area contributed by atoms with Crippen molar-refractivity contribution in [1.82, 2.24) is 0 Å². The lowest BCUT2D eigenvalue weighted by Crippen LogP contribution is -2.20. The van der Waals surface area contributed by atoms with Crippen LogP contribution in [-0.2, 0) is 6.42 Å². The Balaban J connectivity index is 1.61. The van der Waals surface area contributed by atoms with Crippen LogP contribution >= 0.6 is 0 Å². The third-order valence-corrected chi connectivity index (χ3v) is 5.27. The molecule has 1 nitrogen and oxygen atoms in total. The van der Waals surface area contributed by atoms with Gasteiger partial charge in [-0.25, -0.2) is 0 Å². The fourth-order valence-electron chi connectivity index (χ4n) is 4.24. The Labute approximate surface area is 127 Å². The van der Waals surface area contributed by atoms with E-state index in [9.17, 15) is 0 Å². The molecule has 0 spiro atoms. The quantitative estimate of drug-likeness (QED) is 0.805. The Bertz CT molecular complexity index is 576. The summed E-state index contributed by atoms with van der Waals surface area (Å²) < 4.78 is 0. The van der Waals surface area contributed by atoms with E-state index in [0.29, 0.717) is 0 Å². The van der Waals surface area contributed by atoms with Gasteiger partial charge in [-0.15, -0.1) is 0 Å². The monoisotopic (exact) mass is 277 g/mol. The van der Waals surface area contributed by atoms with E-state index in [-0.39, 0.29) is 0 Å². The summed E-state index contributed by atoms with van der Waals surface area (Å²) in [5.74, 6) is 1.48. The van der Waals surface area contributed by atoms with Crippen LogP contribution in [0, 0.1) is 0 Å². The summed E-state index contributed by atoms with van der Waals surface area (Å²) in [5.41, 5.74) is 6.11. The van der Waals surface area contributed by atoms with Gasteiger partial charge in [0.1, 0.15) is 0 Å². The lowest BCUT2D eigenvalue weighted by atomic mass is 9.75. The van der Waals surface area contributed by atoms with Crippen molar-refractivity contribution in [1.29, 1.82) is 0 Å². The maximum atomic E-state index is 3.55. The summed E-state index contributed by atoms with van der Waals surface area (Å²) in [4.78, 5) is 0. The van der Waals surface area contributed by atoms with Crippen molar-refractivity contribution < 1.29 is 0 Å². The highest BCUT2D eigenvalue weighted by Gasteiger charge is 2.26. The third-order valence-electron chi connectivity index (χ3n) is 5.27. The molecule has 0 aromatic heterocycles. The molecule has 2 aliphatic rings. The molecular formula is C20H23N. The number of benzene rings is 2. The van der Waals surface area contributed by atoms with Gasteiger partial charge in [0, 0.05) is 12.2 Å². The van der Waals surface area contributed by atoms with Crippen molar-refractivity contribution in [2.75, 3.05) is 11.9 Å². The number of rotatable bonds is 2. The fourth-order valence-corrected chi connectivity index (χ4v) is 4.24. The SMILES string of the molecule is c1ccc2c(c1)CCCC2CC1CCNc2ccccc21. The van der Waals surface area contributed by atoms with Gasteiger partial charge in [0.05, 0.1) is 0 Å². The lowest BCUT2D eigenvalue weighted by Gasteiger charge is -2.32. The lowest BCUT2D eigenvalue weighted by molar-refractivity contribution is 0.455. The number of aryl methyl sites for hydroxylation is 1.